The maximum Gasteiger partial charge on any atom is 0.411 e. The van der Waals surface area contributed by atoms with Gasteiger partial charge in [-0.3, -0.25) is 23.9 Å². The minimum atomic E-state index is -1.36. The largest absolute Gasteiger partial charge is 0.492 e. The van der Waals surface area contributed by atoms with Crippen LogP contribution in [0.5, 0.6) is 11.5 Å². The molecule has 2 atom stereocenters. The fourth-order valence-electron chi connectivity index (χ4n) is 6.65. The molecule has 2 N–H and O–H groups in total. The van der Waals surface area contributed by atoms with Gasteiger partial charge >= 0.3 is 6.09 Å². The zero-order valence-corrected chi connectivity index (χ0v) is 35.9. The number of fused-ring (bicyclic) bond motifs is 1. The Labute approximate surface area is 342 Å². The van der Waals surface area contributed by atoms with Crippen LogP contribution in [0.1, 0.15) is 66.1 Å². The third kappa shape index (κ3) is 10.3. The van der Waals surface area contributed by atoms with E-state index in [1.165, 1.54) is 11.2 Å². The van der Waals surface area contributed by atoms with Crippen LogP contribution in [0.15, 0.2) is 35.7 Å². The van der Waals surface area contributed by atoms with Crippen LogP contribution in [0.25, 0.3) is 10.9 Å². The molecule has 0 aliphatic carbocycles. The second-order valence-corrected chi connectivity index (χ2v) is 18.8. The van der Waals surface area contributed by atoms with Crippen LogP contribution in [0.2, 0.25) is 0 Å². The van der Waals surface area contributed by atoms with Gasteiger partial charge in [0.1, 0.15) is 36.1 Å². The van der Waals surface area contributed by atoms with Gasteiger partial charge in [-0.2, -0.15) is 5.10 Å². The van der Waals surface area contributed by atoms with Crippen LogP contribution in [0, 0.1) is 13.8 Å². The number of nitrogens with zero attached hydrogens (tertiary/aromatic N) is 9. The highest BCUT2D eigenvalue weighted by Crippen LogP contribution is 2.35. The standard InChI is InChI=1S/C40H57N11O6S/c1-26-27(2)46-47-34(26)45-35-30-21-33(58(54)40(7,8)9)32(22-31(30)43-25-44-35)56-19-10-11-48-12-14-50(15-13-48)37-41-23-29(24-42-37)55-20-18-49-16-17-51(28(3)36(49)52)38(53)57-39(4,5)6/h21-25,28H,10-20H2,1-9H3,(H2,43,44,45,46,47). The number of nitrogens with one attached hydrogen (secondary N) is 2. The predicted molar refractivity (Wildman–Crippen MR) is 222 cm³/mol. The van der Waals surface area contributed by atoms with Gasteiger partial charge < -0.3 is 29.3 Å². The Bertz CT molecular complexity index is 2090. The highest BCUT2D eigenvalue weighted by Gasteiger charge is 2.36. The van der Waals surface area contributed by atoms with Crippen molar-refractivity contribution in [3.63, 3.8) is 0 Å². The van der Waals surface area contributed by atoms with E-state index >= 15 is 0 Å². The Morgan fingerprint density at radius 1 is 0.914 bits per heavy atom. The highest BCUT2D eigenvalue weighted by molar-refractivity contribution is 7.86. The van der Waals surface area contributed by atoms with E-state index in [1.54, 1.807) is 45.0 Å². The summed E-state index contributed by atoms with van der Waals surface area (Å²) < 4.78 is 30.9. The highest BCUT2D eigenvalue weighted by atomic mass is 32.2. The summed E-state index contributed by atoms with van der Waals surface area (Å²) in [6.45, 7) is 23.0. The molecule has 5 heterocycles. The van der Waals surface area contributed by atoms with Crippen molar-refractivity contribution >= 4 is 51.3 Å². The molecule has 0 spiro atoms. The fourth-order valence-corrected chi connectivity index (χ4v) is 7.84. The van der Waals surface area contributed by atoms with Gasteiger partial charge in [0, 0.05) is 73.3 Å². The van der Waals surface area contributed by atoms with E-state index in [2.05, 4.69) is 45.2 Å². The Morgan fingerprint density at radius 2 is 1.64 bits per heavy atom. The van der Waals surface area contributed by atoms with Gasteiger partial charge in [0.25, 0.3) is 0 Å². The Kier molecular flexibility index (Phi) is 13.0. The normalized spacial score (nSPS) is 17.4. The molecule has 2 saturated heterocycles. The first-order valence-electron chi connectivity index (χ1n) is 19.8. The summed E-state index contributed by atoms with van der Waals surface area (Å²) in [5.41, 5.74) is 2.02. The van der Waals surface area contributed by atoms with Gasteiger partial charge in [0.05, 0.1) is 46.8 Å². The monoisotopic (exact) mass is 819 g/mol. The average Bonchev–Trinajstić information content (AvgIpc) is 3.49. The minimum Gasteiger partial charge on any atom is -0.492 e. The van der Waals surface area contributed by atoms with E-state index in [0.29, 0.717) is 65.7 Å². The summed E-state index contributed by atoms with van der Waals surface area (Å²) >= 11 is 0. The molecule has 18 heteroatoms. The lowest BCUT2D eigenvalue weighted by atomic mass is 10.2. The number of rotatable bonds is 13. The third-order valence-electron chi connectivity index (χ3n) is 10.1. The van der Waals surface area contributed by atoms with Crippen molar-refractivity contribution in [2.45, 2.75) is 90.0 Å². The number of benzene rings is 1. The lowest BCUT2D eigenvalue weighted by Gasteiger charge is -2.39. The van der Waals surface area contributed by atoms with E-state index in [-0.39, 0.29) is 12.5 Å². The number of carbonyl (C=O) groups excluding carboxylic acids is 2. The summed E-state index contributed by atoms with van der Waals surface area (Å²) in [5.74, 6) is 2.86. The van der Waals surface area contributed by atoms with E-state index in [1.807, 2.05) is 46.8 Å². The van der Waals surface area contributed by atoms with Crippen molar-refractivity contribution in [2.75, 3.05) is 75.8 Å². The molecule has 2 fully saturated rings. The number of hydrogen-bond donors (Lipinski definition) is 2. The number of hydrogen-bond acceptors (Lipinski definition) is 14. The summed E-state index contributed by atoms with van der Waals surface area (Å²) in [5, 5.41) is 11.4. The lowest BCUT2D eigenvalue weighted by Crippen LogP contribution is -2.58. The molecule has 2 unspecified atom stereocenters. The van der Waals surface area contributed by atoms with Gasteiger partial charge in [-0.15, -0.1) is 0 Å². The van der Waals surface area contributed by atoms with Gasteiger partial charge in [-0.05, 0) is 74.8 Å². The number of aromatic amines is 1. The van der Waals surface area contributed by atoms with Crippen LogP contribution in [-0.4, -0.2) is 143 Å². The van der Waals surface area contributed by atoms with Crippen molar-refractivity contribution in [3.8, 4) is 11.5 Å². The van der Waals surface area contributed by atoms with Crippen molar-refractivity contribution in [2.24, 2.45) is 0 Å². The molecule has 17 nitrogen and oxygen atoms in total. The molecular weight excluding hydrogens is 763 g/mol. The fraction of sp³-hybridized carbons (Fsp3) is 0.575. The van der Waals surface area contributed by atoms with Crippen LogP contribution < -0.4 is 19.7 Å². The second kappa shape index (κ2) is 17.8. The predicted octanol–water partition coefficient (Wildman–Crippen LogP) is 4.85. The molecule has 58 heavy (non-hydrogen) atoms. The summed E-state index contributed by atoms with van der Waals surface area (Å²) in [6, 6.07) is 3.13. The zero-order chi connectivity index (χ0) is 41.8. The maximum absolute atomic E-state index is 13.8. The van der Waals surface area contributed by atoms with Crippen LogP contribution in [0.3, 0.4) is 0 Å². The Morgan fingerprint density at radius 3 is 2.29 bits per heavy atom. The molecule has 4 aromatic rings. The maximum atomic E-state index is 13.8. The first kappa shape index (κ1) is 42.5. The quantitative estimate of drug-likeness (QED) is 0.175. The molecule has 2 aliphatic rings. The Balaban J connectivity index is 0.956. The molecular formula is C40H57N11O6S. The molecule has 0 saturated carbocycles. The first-order valence-corrected chi connectivity index (χ1v) is 21.0. The van der Waals surface area contributed by atoms with Crippen molar-refractivity contribution < 1.29 is 28.0 Å². The number of H-pyrrole nitrogens is 1. The molecule has 2 aliphatic heterocycles. The lowest BCUT2D eigenvalue weighted by molar-refractivity contribution is -0.141. The first-order chi connectivity index (χ1) is 27.5. The number of amides is 2. The van der Waals surface area contributed by atoms with Gasteiger partial charge in [-0.25, -0.2) is 24.7 Å². The minimum absolute atomic E-state index is 0.137. The topological polar surface area (TPSA) is 184 Å². The van der Waals surface area contributed by atoms with Crippen LogP contribution >= 0.6 is 0 Å². The molecule has 0 bridgehead atoms. The van der Waals surface area contributed by atoms with Crippen LogP contribution in [0.4, 0.5) is 22.4 Å². The Hall–Kier alpha value is -5.10. The third-order valence-corrected chi connectivity index (χ3v) is 11.9. The number of aryl methyl sites for hydroxylation is 1. The van der Waals surface area contributed by atoms with Crippen molar-refractivity contribution in [3.05, 3.63) is 42.1 Å². The molecule has 314 valence electrons. The van der Waals surface area contributed by atoms with E-state index in [4.69, 9.17) is 14.2 Å². The number of carbonyl (C=O) groups is 2. The van der Waals surface area contributed by atoms with Crippen LogP contribution in [-0.2, 0) is 20.3 Å². The number of piperazine rings is 2. The van der Waals surface area contributed by atoms with Crippen molar-refractivity contribution in [1.82, 2.24) is 44.8 Å². The summed E-state index contributed by atoms with van der Waals surface area (Å²) in [6.07, 6.45) is 5.14. The van der Waals surface area contributed by atoms with Gasteiger partial charge in [0.15, 0.2) is 11.6 Å². The molecule has 2 amide bonds. The SMILES string of the molecule is Cc1[nH]nc(Nc2ncnc3cc(OCCCN4CCN(c5ncc(OCCN6CCN(C(=O)OC(C)(C)C)C(C)C6=O)cn5)CC4)c(S(=O)C(C)(C)C)cc23)c1C. The number of ether oxygens (including phenoxy) is 3. The number of aromatic nitrogens is 6. The van der Waals surface area contributed by atoms with E-state index in [0.717, 1.165) is 55.8 Å². The molecule has 1 aromatic carbocycles. The molecule has 0 radical (unpaired) electrons. The van der Waals surface area contributed by atoms with Crippen molar-refractivity contribution in [1.29, 1.82) is 0 Å². The summed E-state index contributed by atoms with van der Waals surface area (Å²) in [7, 11) is -1.36. The average molecular weight is 820 g/mol. The second-order valence-electron chi connectivity index (χ2n) is 16.6. The van der Waals surface area contributed by atoms with Gasteiger partial charge in [-0.1, -0.05) is 0 Å². The van der Waals surface area contributed by atoms with Gasteiger partial charge in [0.2, 0.25) is 11.9 Å². The summed E-state index contributed by atoms with van der Waals surface area (Å²) in [4.78, 5) is 51.9. The zero-order valence-electron chi connectivity index (χ0n) is 35.1. The van der Waals surface area contributed by atoms with E-state index in [9.17, 15) is 13.8 Å². The smallest absolute Gasteiger partial charge is 0.411 e. The number of anilines is 3. The van der Waals surface area contributed by atoms with E-state index < -0.39 is 33.3 Å². The molecule has 3 aromatic heterocycles. The molecule has 6 rings (SSSR count).